The van der Waals surface area contributed by atoms with Gasteiger partial charge in [0.05, 0.1) is 12.1 Å². The minimum atomic E-state index is -4.52. The third kappa shape index (κ3) is 4.27. The summed E-state index contributed by atoms with van der Waals surface area (Å²) in [6.07, 6.45) is -4.52. The van der Waals surface area contributed by atoms with Crippen molar-refractivity contribution >= 4 is 17.2 Å². The SMILES string of the molecule is COc1cc(C)ccc1OCC(C(N)=S)C(F)(F)F. The molecule has 0 radical (unpaired) electrons. The van der Waals surface area contributed by atoms with Gasteiger partial charge in [0.15, 0.2) is 11.5 Å². The molecule has 2 N–H and O–H groups in total. The fourth-order valence-corrected chi connectivity index (χ4v) is 1.61. The van der Waals surface area contributed by atoms with E-state index in [2.05, 4.69) is 12.2 Å². The topological polar surface area (TPSA) is 44.5 Å². The summed E-state index contributed by atoms with van der Waals surface area (Å²) >= 11 is 4.41. The first-order chi connectivity index (χ1) is 8.75. The lowest BCUT2D eigenvalue weighted by Gasteiger charge is -2.20. The van der Waals surface area contributed by atoms with Crippen molar-refractivity contribution in [2.45, 2.75) is 13.1 Å². The Kier molecular flexibility index (Phi) is 4.99. The first-order valence-electron chi connectivity index (χ1n) is 5.39. The lowest BCUT2D eigenvalue weighted by molar-refractivity contribution is -0.161. The monoisotopic (exact) mass is 293 g/mol. The molecule has 1 aromatic rings. The fourth-order valence-electron chi connectivity index (χ4n) is 1.41. The molecule has 0 aliphatic rings. The average Bonchev–Trinajstić information content (AvgIpc) is 2.28. The summed E-state index contributed by atoms with van der Waals surface area (Å²) in [6.45, 7) is 1.16. The van der Waals surface area contributed by atoms with E-state index in [1.165, 1.54) is 7.11 Å². The van der Waals surface area contributed by atoms with E-state index in [-0.39, 0.29) is 5.75 Å². The van der Waals surface area contributed by atoms with Gasteiger partial charge in [-0.3, -0.25) is 0 Å². The van der Waals surface area contributed by atoms with Crippen molar-refractivity contribution in [3.05, 3.63) is 23.8 Å². The minimum absolute atomic E-state index is 0.221. The van der Waals surface area contributed by atoms with E-state index < -0.39 is 23.7 Å². The van der Waals surface area contributed by atoms with Gasteiger partial charge < -0.3 is 15.2 Å². The number of aryl methyl sites for hydroxylation is 1. The Balaban J connectivity index is 2.83. The van der Waals surface area contributed by atoms with Crippen LogP contribution in [0.3, 0.4) is 0 Å². The van der Waals surface area contributed by atoms with Crippen LogP contribution in [-0.4, -0.2) is 24.9 Å². The smallest absolute Gasteiger partial charge is 0.401 e. The number of thiocarbonyl (C=S) groups is 1. The lowest BCUT2D eigenvalue weighted by atomic mass is 10.1. The van der Waals surface area contributed by atoms with Crippen molar-refractivity contribution in [2.24, 2.45) is 11.7 Å². The Labute approximate surface area is 114 Å². The molecule has 0 aliphatic carbocycles. The number of methoxy groups -OCH3 is 1. The molecule has 0 fully saturated rings. The van der Waals surface area contributed by atoms with Crippen LogP contribution in [-0.2, 0) is 0 Å². The molecule has 3 nitrogen and oxygen atoms in total. The predicted octanol–water partition coefficient (Wildman–Crippen LogP) is 2.85. The largest absolute Gasteiger partial charge is 0.493 e. The molecule has 106 valence electrons. The standard InChI is InChI=1S/C12H14F3NO2S/c1-7-3-4-9(10(5-7)17-2)18-6-8(11(16)19)12(13,14)15/h3-5,8H,6H2,1-2H3,(H2,16,19). The third-order valence-electron chi connectivity index (χ3n) is 2.46. The van der Waals surface area contributed by atoms with Gasteiger partial charge >= 0.3 is 6.18 Å². The van der Waals surface area contributed by atoms with E-state index in [0.29, 0.717) is 5.75 Å². The number of ether oxygens (including phenoxy) is 2. The number of rotatable bonds is 5. The highest BCUT2D eigenvalue weighted by molar-refractivity contribution is 7.80. The van der Waals surface area contributed by atoms with Crippen molar-refractivity contribution < 1.29 is 22.6 Å². The molecule has 0 heterocycles. The van der Waals surface area contributed by atoms with Gasteiger partial charge in [-0.05, 0) is 24.6 Å². The summed E-state index contributed by atoms with van der Waals surface area (Å²) < 4.78 is 48.1. The van der Waals surface area contributed by atoms with E-state index in [0.717, 1.165) is 5.56 Å². The van der Waals surface area contributed by atoms with Gasteiger partial charge in [-0.15, -0.1) is 0 Å². The molecule has 0 aliphatic heterocycles. The van der Waals surface area contributed by atoms with Crippen LogP contribution in [0.25, 0.3) is 0 Å². The average molecular weight is 293 g/mol. The van der Waals surface area contributed by atoms with Gasteiger partial charge in [0.1, 0.15) is 12.5 Å². The zero-order valence-electron chi connectivity index (χ0n) is 10.5. The van der Waals surface area contributed by atoms with Crippen LogP contribution in [0.2, 0.25) is 0 Å². The zero-order valence-corrected chi connectivity index (χ0v) is 11.3. The van der Waals surface area contributed by atoms with Gasteiger partial charge in [-0.1, -0.05) is 18.3 Å². The first kappa shape index (κ1) is 15.6. The molecule has 0 amide bonds. The van der Waals surface area contributed by atoms with Crippen molar-refractivity contribution in [2.75, 3.05) is 13.7 Å². The van der Waals surface area contributed by atoms with Crippen LogP contribution >= 0.6 is 12.2 Å². The number of alkyl halides is 3. The van der Waals surface area contributed by atoms with Gasteiger partial charge in [-0.25, -0.2) is 0 Å². The molecule has 0 aromatic heterocycles. The van der Waals surface area contributed by atoms with E-state index >= 15 is 0 Å². The second-order valence-corrected chi connectivity index (χ2v) is 4.43. The third-order valence-corrected chi connectivity index (χ3v) is 2.75. The molecule has 1 rings (SSSR count). The molecule has 0 bridgehead atoms. The molecular formula is C12H14F3NO2S. The van der Waals surface area contributed by atoms with Gasteiger partial charge in [0, 0.05) is 0 Å². The maximum absolute atomic E-state index is 12.6. The van der Waals surface area contributed by atoms with Gasteiger partial charge in [0.2, 0.25) is 0 Å². The quantitative estimate of drug-likeness (QED) is 0.848. The maximum Gasteiger partial charge on any atom is 0.401 e. The Morgan fingerprint density at radius 3 is 2.47 bits per heavy atom. The highest BCUT2D eigenvalue weighted by atomic mass is 32.1. The van der Waals surface area contributed by atoms with Gasteiger partial charge in [-0.2, -0.15) is 13.2 Å². The molecule has 1 atom stereocenters. The molecule has 19 heavy (non-hydrogen) atoms. The van der Waals surface area contributed by atoms with Crippen LogP contribution in [0.5, 0.6) is 11.5 Å². The molecule has 0 saturated heterocycles. The van der Waals surface area contributed by atoms with Crippen LogP contribution in [0.15, 0.2) is 18.2 Å². The van der Waals surface area contributed by atoms with E-state index in [1.54, 1.807) is 18.2 Å². The van der Waals surface area contributed by atoms with Crippen molar-refractivity contribution in [3.8, 4) is 11.5 Å². The molecule has 0 saturated carbocycles. The minimum Gasteiger partial charge on any atom is -0.493 e. The van der Waals surface area contributed by atoms with Crippen LogP contribution in [0.1, 0.15) is 5.56 Å². The number of hydrogen-bond donors (Lipinski definition) is 1. The molecule has 1 aromatic carbocycles. The number of benzene rings is 1. The summed E-state index contributed by atoms with van der Waals surface area (Å²) in [5, 5.41) is 0. The number of hydrogen-bond acceptors (Lipinski definition) is 3. The van der Waals surface area contributed by atoms with Crippen LogP contribution < -0.4 is 15.2 Å². The summed E-state index contributed by atoms with van der Waals surface area (Å²) in [5.41, 5.74) is 5.99. The number of halogens is 3. The fraction of sp³-hybridized carbons (Fsp3) is 0.417. The lowest BCUT2D eigenvalue weighted by Crippen LogP contribution is -2.38. The van der Waals surface area contributed by atoms with Crippen LogP contribution in [0, 0.1) is 12.8 Å². The Bertz CT molecular complexity index is 463. The highest BCUT2D eigenvalue weighted by Gasteiger charge is 2.42. The molecular weight excluding hydrogens is 279 g/mol. The first-order valence-corrected chi connectivity index (χ1v) is 5.80. The van der Waals surface area contributed by atoms with Crippen molar-refractivity contribution in [3.63, 3.8) is 0 Å². The van der Waals surface area contributed by atoms with E-state index in [9.17, 15) is 13.2 Å². The van der Waals surface area contributed by atoms with E-state index in [4.69, 9.17) is 15.2 Å². The van der Waals surface area contributed by atoms with Crippen molar-refractivity contribution in [1.82, 2.24) is 0 Å². The molecule has 7 heteroatoms. The van der Waals surface area contributed by atoms with Crippen molar-refractivity contribution in [1.29, 1.82) is 0 Å². The maximum atomic E-state index is 12.6. The Morgan fingerprint density at radius 1 is 1.37 bits per heavy atom. The summed E-state index contributed by atoms with van der Waals surface area (Å²) in [7, 11) is 1.41. The zero-order chi connectivity index (χ0) is 14.6. The Hall–Kier alpha value is -1.50. The normalized spacial score (nSPS) is 12.9. The highest BCUT2D eigenvalue weighted by Crippen LogP contribution is 2.31. The van der Waals surface area contributed by atoms with Crippen LogP contribution in [0.4, 0.5) is 13.2 Å². The molecule has 1 unspecified atom stereocenters. The Morgan fingerprint density at radius 2 is 2.00 bits per heavy atom. The predicted molar refractivity (Wildman–Crippen MR) is 69.6 cm³/mol. The number of nitrogens with two attached hydrogens (primary N) is 1. The second-order valence-electron chi connectivity index (χ2n) is 3.96. The molecule has 0 spiro atoms. The van der Waals surface area contributed by atoms with Gasteiger partial charge in [0.25, 0.3) is 0 Å². The summed E-state index contributed by atoms with van der Waals surface area (Å²) in [4.78, 5) is -0.640. The second kappa shape index (κ2) is 6.10. The summed E-state index contributed by atoms with van der Waals surface area (Å²) in [5.74, 6) is -1.39. The summed E-state index contributed by atoms with van der Waals surface area (Å²) in [6, 6.07) is 4.92. The van der Waals surface area contributed by atoms with E-state index in [1.807, 2.05) is 6.92 Å².